The Hall–Kier alpha value is -2.80. The maximum absolute atomic E-state index is 10.2. The van der Waals surface area contributed by atoms with E-state index in [4.69, 9.17) is 28.4 Å². The van der Waals surface area contributed by atoms with Gasteiger partial charge in [-0.15, -0.1) is 0 Å². The van der Waals surface area contributed by atoms with Crippen LogP contribution in [0.15, 0.2) is 24.3 Å². The number of phenols is 1. The molecule has 0 radical (unpaired) electrons. The first-order valence-electron chi connectivity index (χ1n) is 8.60. The van der Waals surface area contributed by atoms with Crippen molar-refractivity contribution >= 4 is 0 Å². The quantitative estimate of drug-likeness (QED) is 0.879. The molecule has 0 aliphatic carbocycles. The van der Waals surface area contributed by atoms with Crippen molar-refractivity contribution in [2.45, 2.75) is 25.0 Å². The second kappa shape index (κ2) is 6.42. The number of rotatable bonds is 4. The van der Waals surface area contributed by atoms with Gasteiger partial charge in [0.2, 0.25) is 18.3 Å². The Kier molecular flexibility index (Phi) is 4.19. The van der Waals surface area contributed by atoms with E-state index < -0.39 is 5.79 Å². The monoisotopic (exact) mass is 374 g/mol. The SMILES string of the molecule is COc1cc([C@H]2C[C@@](C)(OC)Oc3cc4c(cc32)OCO4)cc(OC)c1O. The van der Waals surface area contributed by atoms with Crippen molar-refractivity contribution < 1.29 is 33.5 Å². The maximum Gasteiger partial charge on any atom is 0.231 e. The molecule has 0 spiro atoms. The van der Waals surface area contributed by atoms with Gasteiger partial charge in [0, 0.05) is 38.0 Å². The van der Waals surface area contributed by atoms with E-state index in [-0.39, 0.29) is 18.5 Å². The van der Waals surface area contributed by atoms with Crippen LogP contribution in [-0.4, -0.2) is 39.0 Å². The zero-order chi connectivity index (χ0) is 19.2. The van der Waals surface area contributed by atoms with Gasteiger partial charge in [-0.1, -0.05) is 0 Å². The van der Waals surface area contributed by atoms with Crippen LogP contribution in [0.3, 0.4) is 0 Å². The van der Waals surface area contributed by atoms with Gasteiger partial charge in [-0.3, -0.25) is 0 Å². The highest BCUT2D eigenvalue weighted by molar-refractivity contribution is 5.59. The molecular weight excluding hydrogens is 352 g/mol. The summed E-state index contributed by atoms with van der Waals surface area (Å²) >= 11 is 0. The minimum Gasteiger partial charge on any atom is -0.502 e. The highest BCUT2D eigenvalue weighted by Gasteiger charge is 2.40. The number of hydrogen-bond donors (Lipinski definition) is 1. The summed E-state index contributed by atoms with van der Waals surface area (Å²) in [5, 5.41) is 10.2. The topological polar surface area (TPSA) is 75.6 Å². The molecule has 7 heteroatoms. The van der Waals surface area contributed by atoms with E-state index in [1.807, 2.05) is 19.1 Å². The summed E-state index contributed by atoms with van der Waals surface area (Å²) in [6.45, 7) is 2.08. The van der Waals surface area contributed by atoms with Gasteiger partial charge < -0.3 is 33.5 Å². The molecule has 2 aliphatic rings. The summed E-state index contributed by atoms with van der Waals surface area (Å²) in [6, 6.07) is 7.37. The molecule has 0 fully saturated rings. The van der Waals surface area contributed by atoms with Crippen LogP contribution in [0.4, 0.5) is 0 Å². The third kappa shape index (κ3) is 2.88. The summed E-state index contributed by atoms with van der Waals surface area (Å²) in [5.74, 6) is 1.76. The molecular formula is C20H22O7. The van der Waals surface area contributed by atoms with Crippen LogP contribution in [0, 0.1) is 0 Å². The molecule has 1 N–H and O–H groups in total. The van der Waals surface area contributed by atoms with Crippen LogP contribution in [0.5, 0.6) is 34.5 Å². The summed E-state index contributed by atoms with van der Waals surface area (Å²) in [5.41, 5.74) is 1.86. The molecule has 0 bridgehead atoms. The summed E-state index contributed by atoms with van der Waals surface area (Å²) in [6.07, 6.45) is 0.563. The lowest BCUT2D eigenvalue weighted by atomic mass is 9.82. The smallest absolute Gasteiger partial charge is 0.231 e. The molecule has 0 saturated carbocycles. The Morgan fingerprint density at radius 3 is 2.19 bits per heavy atom. The zero-order valence-electron chi connectivity index (χ0n) is 15.7. The fraction of sp³-hybridized carbons (Fsp3) is 0.400. The molecule has 0 aromatic heterocycles. The Bertz CT molecular complexity index is 854. The third-order valence-electron chi connectivity index (χ3n) is 5.12. The Balaban J connectivity index is 1.88. The van der Waals surface area contributed by atoms with Gasteiger partial charge in [-0.2, -0.15) is 0 Å². The molecule has 0 amide bonds. The van der Waals surface area contributed by atoms with Crippen LogP contribution >= 0.6 is 0 Å². The van der Waals surface area contributed by atoms with Crippen molar-refractivity contribution in [2.24, 2.45) is 0 Å². The highest BCUT2D eigenvalue weighted by Crippen LogP contribution is 2.51. The van der Waals surface area contributed by atoms with E-state index in [1.165, 1.54) is 14.2 Å². The first-order chi connectivity index (χ1) is 13.0. The van der Waals surface area contributed by atoms with Gasteiger partial charge in [0.05, 0.1) is 14.2 Å². The van der Waals surface area contributed by atoms with Gasteiger partial charge in [-0.05, 0) is 23.8 Å². The number of phenolic OH excluding ortho intramolecular Hbond substituents is 1. The van der Waals surface area contributed by atoms with Gasteiger partial charge in [0.1, 0.15) is 5.75 Å². The molecule has 2 aromatic carbocycles. The minimum absolute atomic E-state index is 0.0313. The van der Waals surface area contributed by atoms with Crippen LogP contribution in [0.25, 0.3) is 0 Å². The number of benzene rings is 2. The predicted octanol–water partition coefficient (Wildman–Crippen LogP) is 3.42. The van der Waals surface area contributed by atoms with E-state index in [2.05, 4.69) is 0 Å². The van der Waals surface area contributed by atoms with Crippen molar-refractivity contribution in [3.8, 4) is 34.5 Å². The Morgan fingerprint density at radius 1 is 0.963 bits per heavy atom. The molecule has 2 aliphatic heterocycles. The van der Waals surface area contributed by atoms with Crippen molar-refractivity contribution in [3.05, 3.63) is 35.4 Å². The number of hydrogen-bond acceptors (Lipinski definition) is 7. The number of aromatic hydroxyl groups is 1. The predicted molar refractivity (Wildman–Crippen MR) is 96.3 cm³/mol. The van der Waals surface area contributed by atoms with Crippen molar-refractivity contribution in [3.63, 3.8) is 0 Å². The summed E-state index contributed by atoms with van der Waals surface area (Å²) < 4.78 is 33.4. The fourth-order valence-electron chi connectivity index (χ4n) is 3.59. The largest absolute Gasteiger partial charge is 0.502 e. The fourth-order valence-corrected chi connectivity index (χ4v) is 3.59. The number of methoxy groups -OCH3 is 3. The second-order valence-electron chi connectivity index (χ2n) is 6.71. The van der Waals surface area contributed by atoms with Gasteiger partial charge >= 0.3 is 0 Å². The van der Waals surface area contributed by atoms with E-state index >= 15 is 0 Å². The number of ether oxygens (including phenoxy) is 6. The number of fused-ring (bicyclic) bond motifs is 2. The Labute approximate surface area is 157 Å². The standard InChI is InChI=1S/C20H22O7/c1-20(24-4)9-13(11-5-17(22-2)19(21)18(6-11)23-3)12-7-15-16(26-10-25-15)8-14(12)27-20/h5-8,13,21H,9-10H2,1-4H3/t13-,20+/m1/s1. The molecule has 27 heavy (non-hydrogen) atoms. The second-order valence-corrected chi connectivity index (χ2v) is 6.71. The molecule has 144 valence electrons. The van der Waals surface area contributed by atoms with Gasteiger partial charge in [0.15, 0.2) is 23.0 Å². The van der Waals surface area contributed by atoms with Gasteiger partial charge in [-0.25, -0.2) is 0 Å². The molecule has 4 rings (SSSR count). The molecule has 2 aromatic rings. The average molecular weight is 374 g/mol. The van der Waals surface area contributed by atoms with E-state index in [1.54, 1.807) is 19.2 Å². The minimum atomic E-state index is -0.816. The normalized spacial score (nSPS) is 22.7. The van der Waals surface area contributed by atoms with E-state index in [0.29, 0.717) is 35.2 Å². The van der Waals surface area contributed by atoms with Crippen LogP contribution < -0.4 is 23.7 Å². The molecule has 2 heterocycles. The van der Waals surface area contributed by atoms with Gasteiger partial charge in [0.25, 0.3) is 0 Å². The van der Waals surface area contributed by atoms with Crippen LogP contribution in [0.2, 0.25) is 0 Å². The average Bonchev–Trinajstić information content (AvgIpc) is 3.13. The van der Waals surface area contributed by atoms with E-state index in [9.17, 15) is 5.11 Å². The molecule has 7 nitrogen and oxygen atoms in total. The van der Waals surface area contributed by atoms with Crippen LogP contribution in [0.1, 0.15) is 30.4 Å². The first kappa shape index (κ1) is 17.6. The molecule has 2 atom stereocenters. The van der Waals surface area contributed by atoms with Crippen molar-refractivity contribution in [1.82, 2.24) is 0 Å². The Morgan fingerprint density at radius 2 is 1.59 bits per heavy atom. The lowest BCUT2D eigenvalue weighted by Gasteiger charge is -2.39. The highest BCUT2D eigenvalue weighted by atomic mass is 16.7. The summed E-state index contributed by atoms with van der Waals surface area (Å²) in [7, 11) is 4.63. The lowest BCUT2D eigenvalue weighted by Crippen LogP contribution is -2.40. The third-order valence-corrected chi connectivity index (χ3v) is 5.12. The molecule has 0 saturated heterocycles. The maximum atomic E-state index is 10.2. The molecule has 0 unspecified atom stereocenters. The van der Waals surface area contributed by atoms with Crippen molar-refractivity contribution in [1.29, 1.82) is 0 Å². The zero-order valence-corrected chi connectivity index (χ0v) is 15.7. The lowest BCUT2D eigenvalue weighted by molar-refractivity contribution is -0.163. The first-order valence-corrected chi connectivity index (χ1v) is 8.60. The van der Waals surface area contributed by atoms with E-state index in [0.717, 1.165) is 11.1 Å². The summed E-state index contributed by atoms with van der Waals surface area (Å²) in [4.78, 5) is 0. The van der Waals surface area contributed by atoms with Crippen molar-refractivity contribution in [2.75, 3.05) is 28.1 Å². The van der Waals surface area contributed by atoms with Crippen LogP contribution in [-0.2, 0) is 4.74 Å².